The molecule has 5 nitrogen and oxygen atoms in total. The smallest absolute Gasteiger partial charge is 0.321 e. The van der Waals surface area contributed by atoms with Crippen LogP contribution < -0.4 is 11.1 Å². The van der Waals surface area contributed by atoms with E-state index in [1.54, 1.807) is 24.1 Å². The maximum Gasteiger partial charge on any atom is 0.321 e. The highest BCUT2D eigenvalue weighted by molar-refractivity contribution is 5.91. The summed E-state index contributed by atoms with van der Waals surface area (Å²) in [5, 5.41) is 2.85. The van der Waals surface area contributed by atoms with Crippen LogP contribution in [0.2, 0.25) is 0 Å². The molecule has 0 saturated heterocycles. The number of amides is 3. The number of rotatable bonds is 6. The zero-order valence-corrected chi connectivity index (χ0v) is 13.2. The van der Waals surface area contributed by atoms with Gasteiger partial charge in [0.25, 0.3) is 0 Å². The molecule has 5 heteroatoms. The molecular formula is C16H25N3O2. The molecule has 3 N–H and O–H groups in total. The van der Waals surface area contributed by atoms with Gasteiger partial charge in [0.2, 0.25) is 5.91 Å². The molecule has 3 amide bonds. The fourth-order valence-corrected chi connectivity index (χ4v) is 2.23. The first kappa shape index (κ1) is 17.0. The van der Waals surface area contributed by atoms with Crippen LogP contribution in [-0.4, -0.2) is 29.9 Å². The molecule has 0 fully saturated rings. The summed E-state index contributed by atoms with van der Waals surface area (Å²) >= 11 is 0. The van der Waals surface area contributed by atoms with Crippen molar-refractivity contribution in [3.05, 3.63) is 29.8 Å². The summed E-state index contributed by atoms with van der Waals surface area (Å²) in [4.78, 5) is 25.0. The number of urea groups is 1. The van der Waals surface area contributed by atoms with Crippen LogP contribution >= 0.6 is 0 Å². The highest BCUT2D eigenvalue weighted by atomic mass is 16.2. The van der Waals surface area contributed by atoms with Crippen molar-refractivity contribution in [2.24, 2.45) is 11.7 Å². The molecule has 0 aliphatic rings. The van der Waals surface area contributed by atoms with Crippen molar-refractivity contribution in [2.45, 2.75) is 39.7 Å². The second kappa shape index (κ2) is 7.67. The normalized spacial score (nSPS) is 12.0. The second-order valence-corrected chi connectivity index (χ2v) is 5.82. The largest absolute Gasteiger partial charge is 0.369 e. The van der Waals surface area contributed by atoms with E-state index in [1.807, 2.05) is 19.1 Å². The molecule has 0 aliphatic heterocycles. The van der Waals surface area contributed by atoms with Gasteiger partial charge in [-0.1, -0.05) is 32.0 Å². The van der Waals surface area contributed by atoms with Gasteiger partial charge < -0.3 is 16.0 Å². The number of hydrogen-bond donors (Lipinski definition) is 2. The van der Waals surface area contributed by atoms with Crippen molar-refractivity contribution >= 4 is 17.6 Å². The Morgan fingerprint density at radius 1 is 1.24 bits per heavy atom. The Balaban J connectivity index is 2.76. The molecule has 0 spiro atoms. The fourth-order valence-electron chi connectivity index (χ4n) is 2.23. The van der Waals surface area contributed by atoms with Gasteiger partial charge in [0.15, 0.2) is 0 Å². The molecule has 21 heavy (non-hydrogen) atoms. The van der Waals surface area contributed by atoms with E-state index in [4.69, 9.17) is 5.73 Å². The number of nitrogens with zero attached hydrogens (tertiary/aromatic N) is 1. The van der Waals surface area contributed by atoms with Gasteiger partial charge in [0.1, 0.15) is 0 Å². The third-order valence-corrected chi connectivity index (χ3v) is 3.42. The molecule has 0 unspecified atom stereocenters. The first-order valence-electron chi connectivity index (χ1n) is 7.21. The molecule has 1 aromatic rings. The number of nitrogens with one attached hydrogen (secondary N) is 1. The van der Waals surface area contributed by atoms with Crippen LogP contribution in [0, 0.1) is 5.92 Å². The van der Waals surface area contributed by atoms with Crippen LogP contribution in [0.5, 0.6) is 0 Å². The number of carbonyl (C=O) groups excluding carboxylic acids is 2. The van der Waals surface area contributed by atoms with Gasteiger partial charge in [-0.05, 0) is 30.9 Å². The standard InChI is InChI=1S/C16H25N3O2/c1-11(2)9-12(3)19(4)16(21)18-14-8-6-5-7-13(14)10-15(17)20/h5-8,11-12H,9-10H2,1-4H3,(H2,17,20)(H,18,21)/t12-/m0/s1. The van der Waals surface area contributed by atoms with Gasteiger partial charge in [-0.2, -0.15) is 0 Å². The van der Waals surface area contributed by atoms with E-state index in [9.17, 15) is 9.59 Å². The van der Waals surface area contributed by atoms with Crippen molar-refractivity contribution in [1.29, 1.82) is 0 Å². The fraction of sp³-hybridized carbons (Fsp3) is 0.500. The van der Waals surface area contributed by atoms with E-state index in [1.165, 1.54) is 0 Å². The van der Waals surface area contributed by atoms with Crippen LogP contribution in [0.4, 0.5) is 10.5 Å². The summed E-state index contributed by atoms with van der Waals surface area (Å²) in [7, 11) is 1.78. The van der Waals surface area contributed by atoms with Crippen LogP contribution in [0.15, 0.2) is 24.3 Å². The van der Waals surface area contributed by atoms with Crippen molar-refractivity contribution in [2.75, 3.05) is 12.4 Å². The minimum atomic E-state index is -0.418. The molecule has 0 saturated carbocycles. The number of anilines is 1. The molecular weight excluding hydrogens is 266 g/mol. The Labute approximate surface area is 126 Å². The van der Waals surface area contributed by atoms with Crippen molar-refractivity contribution in [3.8, 4) is 0 Å². The van der Waals surface area contributed by atoms with Gasteiger partial charge >= 0.3 is 6.03 Å². The third kappa shape index (κ3) is 5.45. The highest BCUT2D eigenvalue weighted by Gasteiger charge is 2.17. The van der Waals surface area contributed by atoms with Gasteiger partial charge in [0, 0.05) is 18.8 Å². The molecule has 0 aliphatic carbocycles. The van der Waals surface area contributed by atoms with Gasteiger partial charge in [-0.25, -0.2) is 4.79 Å². The van der Waals surface area contributed by atoms with E-state index in [0.717, 1.165) is 12.0 Å². The highest BCUT2D eigenvalue weighted by Crippen LogP contribution is 2.17. The summed E-state index contributed by atoms with van der Waals surface area (Å²) in [6, 6.07) is 7.17. The molecule has 116 valence electrons. The van der Waals surface area contributed by atoms with E-state index in [2.05, 4.69) is 19.2 Å². The molecule has 1 atom stereocenters. The minimum Gasteiger partial charge on any atom is -0.369 e. The SMILES string of the molecule is CC(C)C[C@H](C)N(C)C(=O)Nc1ccccc1CC(N)=O. The van der Waals surface area contributed by atoms with Crippen molar-refractivity contribution in [1.82, 2.24) is 4.90 Å². The molecule has 1 rings (SSSR count). The number of para-hydroxylation sites is 1. The van der Waals surface area contributed by atoms with Crippen molar-refractivity contribution < 1.29 is 9.59 Å². The lowest BCUT2D eigenvalue weighted by Crippen LogP contribution is -2.39. The number of carbonyl (C=O) groups is 2. The average molecular weight is 291 g/mol. The van der Waals surface area contributed by atoms with Crippen LogP contribution in [-0.2, 0) is 11.2 Å². The first-order chi connectivity index (χ1) is 9.81. The second-order valence-electron chi connectivity index (χ2n) is 5.82. The predicted molar refractivity (Wildman–Crippen MR) is 85.0 cm³/mol. The molecule has 0 bridgehead atoms. The Kier molecular flexibility index (Phi) is 6.21. The zero-order chi connectivity index (χ0) is 16.0. The van der Waals surface area contributed by atoms with Gasteiger partial charge in [0.05, 0.1) is 6.42 Å². The van der Waals surface area contributed by atoms with Crippen LogP contribution in [0.3, 0.4) is 0 Å². The zero-order valence-electron chi connectivity index (χ0n) is 13.2. The summed E-state index contributed by atoms with van der Waals surface area (Å²) in [5.74, 6) is 0.107. The van der Waals surface area contributed by atoms with E-state index >= 15 is 0 Å². The quantitative estimate of drug-likeness (QED) is 0.845. The summed E-state index contributed by atoms with van der Waals surface area (Å²) in [5.41, 5.74) is 6.58. The number of hydrogen-bond acceptors (Lipinski definition) is 2. The Bertz CT molecular complexity index is 500. The van der Waals surface area contributed by atoms with Gasteiger partial charge in [-0.15, -0.1) is 0 Å². The minimum absolute atomic E-state index is 0.113. The third-order valence-electron chi connectivity index (χ3n) is 3.42. The monoisotopic (exact) mass is 291 g/mol. The summed E-state index contributed by atoms with van der Waals surface area (Å²) in [6.07, 6.45) is 1.05. The maximum atomic E-state index is 12.3. The number of primary amides is 1. The number of nitrogens with two attached hydrogens (primary N) is 1. The first-order valence-corrected chi connectivity index (χ1v) is 7.21. The lowest BCUT2D eigenvalue weighted by molar-refractivity contribution is -0.117. The lowest BCUT2D eigenvalue weighted by atomic mass is 10.0. The lowest BCUT2D eigenvalue weighted by Gasteiger charge is -2.27. The average Bonchev–Trinajstić information content (AvgIpc) is 2.38. The predicted octanol–water partition coefficient (Wildman–Crippen LogP) is 2.61. The van der Waals surface area contributed by atoms with E-state index in [0.29, 0.717) is 11.6 Å². The summed E-state index contributed by atoms with van der Waals surface area (Å²) in [6.45, 7) is 6.28. The Morgan fingerprint density at radius 3 is 2.43 bits per heavy atom. The number of benzene rings is 1. The Hall–Kier alpha value is -2.04. The molecule has 0 heterocycles. The maximum absolute atomic E-state index is 12.3. The van der Waals surface area contributed by atoms with Crippen LogP contribution in [0.25, 0.3) is 0 Å². The molecule has 0 radical (unpaired) electrons. The van der Waals surface area contributed by atoms with E-state index in [-0.39, 0.29) is 18.5 Å². The van der Waals surface area contributed by atoms with Crippen LogP contribution in [0.1, 0.15) is 32.8 Å². The van der Waals surface area contributed by atoms with E-state index < -0.39 is 5.91 Å². The summed E-state index contributed by atoms with van der Waals surface area (Å²) < 4.78 is 0. The van der Waals surface area contributed by atoms with Crippen molar-refractivity contribution in [3.63, 3.8) is 0 Å². The van der Waals surface area contributed by atoms with Gasteiger partial charge in [-0.3, -0.25) is 4.79 Å². The Morgan fingerprint density at radius 2 is 1.86 bits per heavy atom. The topological polar surface area (TPSA) is 75.4 Å². The molecule has 0 aromatic heterocycles. The molecule has 1 aromatic carbocycles.